The zero-order valence-electron chi connectivity index (χ0n) is 20.5. The van der Waals surface area contributed by atoms with E-state index >= 15 is 0 Å². The topological polar surface area (TPSA) is 50.2 Å². The van der Waals surface area contributed by atoms with Gasteiger partial charge in [0.2, 0.25) is 11.9 Å². The number of aryl methyl sites for hydroxylation is 3. The second-order valence-electron chi connectivity index (χ2n) is 9.64. The first-order chi connectivity index (χ1) is 16.9. The molecule has 0 radical (unpaired) electrons. The molecule has 1 amide bonds. The van der Waals surface area contributed by atoms with Crippen LogP contribution in [0.1, 0.15) is 35.1 Å². The van der Waals surface area contributed by atoms with Gasteiger partial charge in [0.25, 0.3) is 0 Å². The summed E-state index contributed by atoms with van der Waals surface area (Å²) in [6.45, 7) is 8.19. The van der Waals surface area contributed by atoms with E-state index in [0.29, 0.717) is 6.54 Å². The van der Waals surface area contributed by atoms with E-state index < -0.39 is 0 Å². The van der Waals surface area contributed by atoms with Crippen molar-refractivity contribution in [2.24, 2.45) is 5.92 Å². The number of nitrogens with one attached hydrogen (secondary N) is 1. The lowest BCUT2D eigenvalue weighted by molar-refractivity contribution is -0.120. The average Bonchev–Trinajstić information content (AvgIpc) is 3.20. The van der Waals surface area contributed by atoms with Gasteiger partial charge < -0.3 is 14.8 Å². The van der Waals surface area contributed by atoms with Crippen LogP contribution in [0, 0.1) is 32.5 Å². The molecular formula is C29H31FN4O. The number of para-hydroxylation sites is 2. The van der Waals surface area contributed by atoms with Crippen molar-refractivity contribution in [2.45, 2.75) is 40.2 Å². The highest BCUT2D eigenvalue weighted by molar-refractivity contribution is 5.94. The third kappa shape index (κ3) is 4.78. The van der Waals surface area contributed by atoms with Crippen LogP contribution in [-0.4, -0.2) is 28.5 Å². The maximum atomic E-state index is 13.8. The Morgan fingerprint density at radius 1 is 1.00 bits per heavy atom. The predicted octanol–water partition coefficient (Wildman–Crippen LogP) is 6.00. The van der Waals surface area contributed by atoms with Crippen LogP contribution in [0.2, 0.25) is 0 Å². The molecule has 0 aliphatic carbocycles. The van der Waals surface area contributed by atoms with Crippen LogP contribution in [0.15, 0.2) is 60.7 Å². The van der Waals surface area contributed by atoms with Gasteiger partial charge in [-0.1, -0.05) is 42.0 Å². The van der Waals surface area contributed by atoms with Crippen molar-refractivity contribution < 1.29 is 9.18 Å². The lowest BCUT2D eigenvalue weighted by atomic mass is 9.95. The highest BCUT2D eigenvalue weighted by Crippen LogP contribution is 2.29. The lowest BCUT2D eigenvalue weighted by Crippen LogP contribution is -2.39. The second kappa shape index (κ2) is 9.53. The zero-order chi connectivity index (χ0) is 24.5. The number of benzene rings is 3. The van der Waals surface area contributed by atoms with E-state index in [4.69, 9.17) is 4.98 Å². The van der Waals surface area contributed by atoms with Crippen molar-refractivity contribution in [3.8, 4) is 0 Å². The number of hydrogen-bond donors (Lipinski definition) is 1. The summed E-state index contributed by atoms with van der Waals surface area (Å²) >= 11 is 0. The Bertz CT molecular complexity index is 1360. The van der Waals surface area contributed by atoms with Crippen molar-refractivity contribution in [1.29, 1.82) is 0 Å². The van der Waals surface area contributed by atoms with E-state index in [0.717, 1.165) is 65.3 Å². The van der Waals surface area contributed by atoms with Crippen molar-refractivity contribution in [3.63, 3.8) is 0 Å². The van der Waals surface area contributed by atoms with Gasteiger partial charge in [0, 0.05) is 24.7 Å². The Morgan fingerprint density at radius 3 is 2.43 bits per heavy atom. The van der Waals surface area contributed by atoms with Crippen molar-refractivity contribution >= 4 is 28.6 Å². The van der Waals surface area contributed by atoms with E-state index in [-0.39, 0.29) is 17.6 Å². The van der Waals surface area contributed by atoms with Gasteiger partial charge in [0.05, 0.1) is 17.6 Å². The molecule has 3 aromatic carbocycles. The normalized spacial score (nSPS) is 14.5. The standard InChI is InChI=1S/C29H31FN4O/c1-19-15-20(2)27(21(3)16-19)32-28(35)23-11-13-33(14-12-23)29-31-25-9-4-5-10-26(25)34(29)18-22-7-6-8-24(30)17-22/h4-10,15-17,23H,11-14,18H2,1-3H3,(H,32,35). The fraction of sp³-hybridized carbons (Fsp3) is 0.310. The summed E-state index contributed by atoms with van der Waals surface area (Å²) in [5.41, 5.74) is 7.17. The molecule has 1 aliphatic heterocycles. The van der Waals surface area contributed by atoms with Crippen LogP contribution in [-0.2, 0) is 11.3 Å². The van der Waals surface area contributed by atoms with Gasteiger partial charge in [-0.2, -0.15) is 0 Å². The van der Waals surface area contributed by atoms with Crippen LogP contribution in [0.3, 0.4) is 0 Å². The molecule has 180 valence electrons. The molecule has 0 unspecified atom stereocenters. The fourth-order valence-corrected chi connectivity index (χ4v) is 5.22. The SMILES string of the molecule is Cc1cc(C)c(NC(=O)C2CCN(c3nc4ccccc4n3Cc3cccc(F)c3)CC2)c(C)c1. The third-order valence-corrected chi connectivity index (χ3v) is 6.94. The maximum Gasteiger partial charge on any atom is 0.227 e. The molecule has 5 rings (SSSR count). The number of anilines is 2. The van der Waals surface area contributed by atoms with Gasteiger partial charge in [-0.15, -0.1) is 0 Å². The van der Waals surface area contributed by atoms with Crippen LogP contribution < -0.4 is 10.2 Å². The monoisotopic (exact) mass is 470 g/mol. The van der Waals surface area contributed by atoms with Crippen LogP contribution in [0.5, 0.6) is 0 Å². The van der Waals surface area contributed by atoms with Crippen LogP contribution >= 0.6 is 0 Å². The van der Waals surface area contributed by atoms with Gasteiger partial charge in [-0.05, 0) is 74.6 Å². The second-order valence-corrected chi connectivity index (χ2v) is 9.64. The number of nitrogens with zero attached hydrogens (tertiary/aromatic N) is 3. The Hall–Kier alpha value is -3.67. The quantitative estimate of drug-likeness (QED) is 0.389. The molecule has 5 nitrogen and oxygen atoms in total. The molecule has 1 N–H and O–H groups in total. The summed E-state index contributed by atoms with van der Waals surface area (Å²) < 4.78 is 16.0. The Labute approximate surface area is 205 Å². The molecular weight excluding hydrogens is 439 g/mol. The number of hydrogen-bond acceptors (Lipinski definition) is 3. The molecule has 0 spiro atoms. The summed E-state index contributed by atoms with van der Waals surface area (Å²) in [5, 5.41) is 3.19. The first-order valence-corrected chi connectivity index (χ1v) is 12.2. The summed E-state index contributed by atoms with van der Waals surface area (Å²) in [6, 6.07) is 19.0. The Morgan fingerprint density at radius 2 is 1.71 bits per heavy atom. The molecule has 2 heterocycles. The fourth-order valence-electron chi connectivity index (χ4n) is 5.22. The predicted molar refractivity (Wildman–Crippen MR) is 139 cm³/mol. The molecule has 0 saturated carbocycles. The molecule has 6 heteroatoms. The number of carbonyl (C=O) groups is 1. The Balaban J connectivity index is 1.33. The van der Waals surface area contributed by atoms with Crippen molar-refractivity contribution in [2.75, 3.05) is 23.3 Å². The van der Waals surface area contributed by atoms with Crippen LogP contribution in [0.4, 0.5) is 16.0 Å². The minimum absolute atomic E-state index is 0.0348. The maximum absolute atomic E-state index is 13.8. The van der Waals surface area contributed by atoms with Crippen molar-refractivity contribution in [1.82, 2.24) is 9.55 Å². The van der Waals surface area contributed by atoms with Gasteiger partial charge in [0.1, 0.15) is 5.82 Å². The average molecular weight is 471 g/mol. The number of carbonyl (C=O) groups excluding carboxylic acids is 1. The molecule has 4 aromatic rings. The number of amides is 1. The number of piperidine rings is 1. The summed E-state index contributed by atoms with van der Waals surface area (Å²) in [7, 11) is 0. The van der Waals surface area contributed by atoms with E-state index in [2.05, 4.69) is 39.9 Å². The molecule has 0 bridgehead atoms. The van der Waals surface area contributed by atoms with Gasteiger partial charge in [-0.3, -0.25) is 4.79 Å². The minimum Gasteiger partial charge on any atom is -0.342 e. The highest BCUT2D eigenvalue weighted by Gasteiger charge is 2.28. The van der Waals surface area contributed by atoms with E-state index in [1.165, 1.54) is 11.6 Å². The highest BCUT2D eigenvalue weighted by atomic mass is 19.1. The van der Waals surface area contributed by atoms with Gasteiger partial charge >= 0.3 is 0 Å². The molecule has 1 saturated heterocycles. The molecule has 1 aliphatic rings. The van der Waals surface area contributed by atoms with Crippen molar-refractivity contribution in [3.05, 3.63) is 88.7 Å². The number of rotatable bonds is 5. The Kier molecular flexibility index (Phi) is 6.29. The van der Waals surface area contributed by atoms with E-state index in [1.807, 2.05) is 38.1 Å². The number of fused-ring (bicyclic) bond motifs is 1. The number of halogens is 1. The molecule has 1 aromatic heterocycles. The molecule has 0 atom stereocenters. The summed E-state index contributed by atoms with van der Waals surface area (Å²) in [6.07, 6.45) is 1.53. The van der Waals surface area contributed by atoms with E-state index in [1.54, 1.807) is 12.1 Å². The number of imidazole rings is 1. The largest absolute Gasteiger partial charge is 0.342 e. The summed E-state index contributed by atoms with van der Waals surface area (Å²) in [5.74, 6) is 0.694. The van der Waals surface area contributed by atoms with Gasteiger partial charge in [-0.25, -0.2) is 9.37 Å². The lowest BCUT2D eigenvalue weighted by Gasteiger charge is -2.32. The first kappa shape index (κ1) is 23.1. The molecule has 35 heavy (non-hydrogen) atoms. The molecule has 1 fully saturated rings. The van der Waals surface area contributed by atoms with Crippen LogP contribution in [0.25, 0.3) is 11.0 Å². The first-order valence-electron chi connectivity index (χ1n) is 12.2. The smallest absolute Gasteiger partial charge is 0.227 e. The minimum atomic E-state index is -0.237. The summed E-state index contributed by atoms with van der Waals surface area (Å²) in [4.78, 5) is 20.3. The third-order valence-electron chi connectivity index (χ3n) is 6.94. The zero-order valence-corrected chi connectivity index (χ0v) is 20.5. The van der Waals surface area contributed by atoms with E-state index in [9.17, 15) is 9.18 Å². The number of aromatic nitrogens is 2. The van der Waals surface area contributed by atoms with Gasteiger partial charge in [0.15, 0.2) is 0 Å².